The molecule has 0 radical (unpaired) electrons. The summed E-state index contributed by atoms with van der Waals surface area (Å²) in [6, 6.07) is 8.46. The molecule has 2 atom stereocenters. The number of nitrogens with one attached hydrogen (secondary N) is 1. The number of fused-ring (bicyclic) bond motifs is 1. The number of rotatable bonds is 1. The van der Waals surface area contributed by atoms with Crippen molar-refractivity contribution in [2.75, 3.05) is 5.32 Å². The minimum absolute atomic E-state index is 0.239. The van der Waals surface area contributed by atoms with Gasteiger partial charge in [-0.05, 0) is 31.9 Å². The van der Waals surface area contributed by atoms with Crippen molar-refractivity contribution in [2.45, 2.75) is 38.8 Å². The van der Waals surface area contributed by atoms with Gasteiger partial charge in [0, 0.05) is 18.2 Å². The van der Waals surface area contributed by atoms with Crippen LogP contribution in [0.25, 0.3) is 0 Å². The molecule has 1 aliphatic rings. The summed E-state index contributed by atoms with van der Waals surface area (Å²) in [5.41, 5.74) is 3.64. The number of hydrogen-bond donors (Lipinski definition) is 2. The molecule has 2 rings (SSSR count). The Morgan fingerprint density at radius 1 is 1.38 bits per heavy atom. The molecule has 16 heavy (non-hydrogen) atoms. The maximum atomic E-state index is 9.95. The number of allylic oxidation sites excluding steroid dienone is 1. The molecule has 0 amide bonds. The van der Waals surface area contributed by atoms with Gasteiger partial charge in [0.1, 0.15) is 0 Å². The van der Waals surface area contributed by atoms with E-state index in [1.54, 1.807) is 0 Å². The Hall–Kier alpha value is -1.28. The molecule has 86 valence electrons. The third-order valence-electron chi connectivity index (χ3n) is 2.87. The SMILES string of the molecule is CC(C)=C[C@@H]1C[C@H](O)Cc2ccccc2N1. The Bertz CT molecular complexity index is 393. The van der Waals surface area contributed by atoms with Crippen LogP contribution < -0.4 is 5.32 Å². The van der Waals surface area contributed by atoms with Crippen molar-refractivity contribution < 1.29 is 5.11 Å². The third-order valence-corrected chi connectivity index (χ3v) is 2.87. The van der Waals surface area contributed by atoms with E-state index in [2.05, 4.69) is 37.4 Å². The molecular formula is C14H19NO. The van der Waals surface area contributed by atoms with E-state index >= 15 is 0 Å². The minimum Gasteiger partial charge on any atom is -0.393 e. The van der Waals surface area contributed by atoms with Gasteiger partial charge in [0.15, 0.2) is 0 Å². The zero-order valence-electron chi connectivity index (χ0n) is 9.90. The molecule has 1 aromatic rings. The topological polar surface area (TPSA) is 32.3 Å². The summed E-state index contributed by atoms with van der Waals surface area (Å²) in [5.74, 6) is 0. The average molecular weight is 217 g/mol. The second-order valence-electron chi connectivity index (χ2n) is 4.75. The molecule has 2 heteroatoms. The van der Waals surface area contributed by atoms with Crippen LogP contribution in [-0.4, -0.2) is 17.3 Å². The number of anilines is 1. The highest BCUT2D eigenvalue weighted by molar-refractivity contribution is 5.53. The van der Waals surface area contributed by atoms with E-state index in [0.717, 1.165) is 18.5 Å². The summed E-state index contributed by atoms with van der Waals surface area (Å²) in [5, 5.41) is 13.4. The number of para-hydroxylation sites is 1. The molecule has 2 N–H and O–H groups in total. The largest absolute Gasteiger partial charge is 0.393 e. The highest BCUT2D eigenvalue weighted by atomic mass is 16.3. The van der Waals surface area contributed by atoms with E-state index in [4.69, 9.17) is 0 Å². The summed E-state index contributed by atoms with van der Waals surface area (Å²) in [4.78, 5) is 0. The van der Waals surface area contributed by atoms with Gasteiger partial charge in [0.25, 0.3) is 0 Å². The first-order valence-electron chi connectivity index (χ1n) is 5.82. The third kappa shape index (κ3) is 2.64. The Morgan fingerprint density at radius 2 is 2.12 bits per heavy atom. The smallest absolute Gasteiger partial charge is 0.0604 e. The summed E-state index contributed by atoms with van der Waals surface area (Å²) >= 11 is 0. The van der Waals surface area contributed by atoms with Crippen molar-refractivity contribution in [1.29, 1.82) is 0 Å². The molecule has 0 unspecified atom stereocenters. The van der Waals surface area contributed by atoms with Crippen molar-refractivity contribution in [2.24, 2.45) is 0 Å². The van der Waals surface area contributed by atoms with Crippen LogP contribution in [0.3, 0.4) is 0 Å². The van der Waals surface area contributed by atoms with E-state index in [9.17, 15) is 5.11 Å². The second kappa shape index (κ2) is 4.71. The molecule has 0 bridgehead atoms. The van der Waals surface area contributed by atoms with Crippen molar-refractivity contribution in [1.82, 2.24) is 0 Å². The monoisotopic (exact) mass is 217 g/mol. The molecule has 0 saturated heterocycles. The van der Waals surface area contributed by atoms with Gasteiger partial charge in [-0.3, -0.25) is 0 Å². The van der Waals surface area contributed by atoms with E-state index in [1.807, 2.05) is 12.1 Å². The Kier molecular flexibility index (Phi) is 3.30. The van der Waals surface area contributed by atoms with E-state index in [-0.39, 0.29) is 12.1 Å². The molecule has 0 aromatic heterocycles. The van der Waals surface area contributed by atoms with Crippen molar-refractivity contribution in [3.63, 3.8) is 0 Å². The average Bonchev–Trinajstić information content (AvgIpc) is 2.33. The van der Waals surface area contributed by atoms with Crippen LogP contribution in [-0.2, 0) is 6.42 Å². The quantitative estimate of drug-likeness (QED) is 0.709. The lowest BCUT2D eigenvalue weighted by atomic mass is 10.0. The highest BCUT2D eigenvalue weighted by Gasteiger charge is 2.19. The summed E-state index contributed by atoms with van der Waals surface area (Å²) in [6.07, 6.45) is 3.46. The predicted octanol–water partition coefficient (Wildman–Crippen LogP) is 2.74. The van der Waals surface area contributed by atoms with Crippen LogP contribution >= 0.6 is 0 Å². The number of benzene rings is 1. The van der Waals surface area contributed by atoms with Crippen LogP contribution in [0.4, 0.5) is 5.69 Å². The first-order valence-corrected chi connectivity index (χ1v) is 5.82. The Labute approximate surface area is 97.0 Å². The first kappa shape index (κ1) is 11.2. The maximum Gasteiger partial charge on any atom is 0.0604 e. The zero-order valence-corrected chi connectivity index (χ0v) is 9.90. The van der Waals surface area contributed by atoms with E-state index in [1.165, 1.54) is 11.1 Å². The normalized spacial score (nSPS) is 23.9. The Morgan fingerprint density at radius 3 is 2.88 bits per heavy atom. The summed E-state index contributed by atoms with van der Waals surface area (Å²) in [7, 11) is 0. The fourth-order valence-corrected chi connectivity index (χ4v) is 2.24. The Balaban J connectivity index is 2.27. The number of hydrogen-bond acceptors (Lipinski definition) is 2. The fourth-order valence-electron chi connectivity index (χ4n) is 2.24. The second-order valence-corrected chi connectivity index (χ2v) is 4.75. The lowest BCUT2D eigenvalue weighted by Gasteiger charge is -2.15. The van der Waals surface area contributed by atoms with Crippen LogP contribution in [0.15, 0.2) is 35.9 Å². The fraction of sp³-hybridized carbons (Fsp3) is 0.429. The van der Waals surface area contributed by atoms with Gasteiger partial charge in [0.2, 0.25) is 0 Å². The standard InChI is InChI=1S/C14H19NO/c1-10(2)7-12-9-13(16)8-11-5-3-4-6-14(11)15-12/h3-7,12-13,15-16H,8-9H2,1-2H3/t12-,13-/m1/s1. The molecule has 0 spiro atoms. The number of aliphatic hydroxyl groups is 1. The van der Waals surface area contributed by atoms with E-state index < -0.39 is 0 Å². The summed E-state index contributed by atoms with van der Waals surface area (Å²) in [6.45, 7) is 4.18. The van der Waals surface area contributed by atoms with Crippen molar-refractivity contribution >= 4 is 5.69 Å². The van der Waals surface area contributed by atoms with Crippen LogP contribution in [0.1, 0.15) is 25.8 Å². The van der Waals surface area contributed by atoms with Gasteiger partial charge in [-0.25, -0.2) is 0 Å². The van der Waals surface area contributed by atoms with Crippen molar-refractivity contribution in [3.8, 4) is 0 Å². The molecule has 2 nitrogen and oxygen atoms in total. The van der Waals surface area contributed by atoms with Gasteiger partial charge < -0.3 is 10.4 Å². The van der Waals surface area contributed by atoms with Crippen LogP contribution in [0.5, 0.6) is 0 Å². The van der Waals surface area contributed by atoms with Crippen LogP contribution in [0, 0.1) is 0 Å². The first-order chi connectivity index (χ1) is 7.65. The van der Waals surface area contributed by atoms with Gasteiger partial charge >= 0.3 is 0 Å². The minimum atomic E-state index is -0.253. The van der Waals surface area contributed by atoms with Gasteiger partial charge in [0.05, 0.1) is 6.10 Å². The lowest BCUT2D eigenvalue weighted by molar-refractivity contribution is 0.165. The predicted molar refractivity (Wildman–Crippen MR) is 67.6 cm³/mol. The molecule has 1 heterocycles. The molecule has 1 aliphatic heterocycles. The molecular weight excluding hydrogens is 198 g/mol. The van der Waals surface area contributed by atoms with Gasteiger partial charge in [-0.15, -0.1) is 0 Å². The van der Waals surface area contributed by atoms with Crippen LogP contribution in [0.2, 0.25) is 0 Å². The summed E-state index contributed by atoms with van der Waals surface area (Å²) < 4.78 is 0. The lowest BCUT2D eigenvalue weighted by Crippen LogP contribution is -2.21. The molecule has 0 saturated carbocycles. The zero-order chi connectivity index (χ0) is 11.5. The molecule has 0 fully saturated rings. The van der Waals surface area contributed by atoms with E-state index in [0.29, 0.717) is 0 Å². The maximum absolute atomic E-state index is 9.95. The number of aliphatic hydroxyl groups excluding tert-OH is 1. The van der Waals surface area contributed by atoms with Gasteiger partial charge in [-0.2, -0.15) is 0 Å². The highest BCUT2D eigenvalue weighted by Crippen LogP contribution is 2.24. The van der Waals surface area contributed by atoms with Gasteiger partial charge in [-0.1, -0.05) is 29.8 Å². The molecule has 0 aliphatic carbocycles. The van der Waals surface area contributed by atoms with Crippen molar-refractivity contribution in [3.05, 3.63) is 41.5 Å². The molecule has 1 aromatic carbocycles.